The van der Waals surface area contributed by atoms with Crippen molar-refractivity contribution in [2.45, 2.75) is 12.5 Å². The molecular formula is C11H14ClF2NO3S. The molecule has 1 aromatic carbocycles. The average Bonchev–Trinajstić information content (AvgIpc) is 2.37. The molecule has 0 fully saturated rings. The number of rotatable bonds is 7. The third-order valence-electron chi connectivity index (χ3n) is 2.37. The van der Waals surface area contributed by atoms with Crippen LogP contribution in [0.15, 0.2) is 18.2 Å². The topological polar surface area (TPSA) is 66.4 Å². The zero-order valence-electron chi connectivity index (χ0n) is 9.94. The van der Waals surface area contributed by atoms with Gasteiger partial charge in [0.15, 0.2) is 0 Å². The van der Waals surface area contributed by atoms with Crippen LogP contribution in [-0.2, 0) is 10.0 Å². The number of alkyl halides is 1. The Kier molecular flexibility index (Phi) is 6.12. The van der Waals surface area contributed by atoms with Gasteiger partial charge in [0.05, 0.1) is 23.6 Å². The number of aliphatic hydroxyl groups excluding tert-OH is 1. The fourth-order valence-corrected chi connectivity index (χ4v) is 2.52. The lowest BCUT2D eigenvalue weighted by Crippen LogP contribution is -2.30. The van der Waals surface area contributed by atoms with E-state index in [1.165, 1.54) is 12.1 Å². The molecule has 0 heterocycles. The molecule has 0 aliphatic heterocycles. The van der Waals surface area contributed by atoms with E-state index < -0.39 is 28.6 Å². The molecule has 0 saturated heterocycles. The summed E-state index contributed by atoms with van der Waals surface area (Å²) in [6, 6.07) is 3.70. The molecule has 0 bridgehead atoms. The zero-order valence-corrected chi connectivity index (χ0v) is 11.5. The number of hydrogen-bond donors (Lipinski definition) is 2. The molecule has 1 aromatic rings. The molecule has 0 aromatic heterocycles. The van der Waals surface area contributed by atoms with E-state index in [2.05, 4.69) is 4.72 Å². The smallest absolute Gasteiger partial charge is 0.211 e. The Morgan fingerprint density at radius 2 is 2.11 bits per heavy atom. The molecule has 19 heavy (non-hydrogen) atoms. The molecule has 0 radical (unpaired) electrons. The van der Waals surface area contributed by atoms with Crippen LogP contribution in [0.2, 0.25) is 5.02 Å². The summed E-state index contributed by atoms with van der Waals surface area (Å²) < 4.78 is 49.9. The van der Waals surface area contributed by atoms with E-state index in [0.717, 1.165) is 6.07 Å². The fourth-order valence-electron chi connectivity index (χ4n) is 1.36. The van der Waals surface area contributed by atoms with Crippen molar-refractivity contribution in [2.24, 2.45) is 0 Å². The summed E-state index contributed by atoms with van der Waals surface area (Å²) in [6.45, 7) is -1.04. The standard InChI is InChI=1S/C11H14ClF2NO3S/c12-9-3-2-8(6-10(9)14)11(16)7-15-19(17,18)5-1-4-13/h2-3,6,11,15-16H,1,4-5,7H2. The van der Waals surface area contributed by atoms with Crippen molar-refractivity contribution < 1.29 is 22.3 Å². The fraction of sp³-hybridized carbons (Fsp3) is 0.455. The van der Waals surface area contributed by atoms with Crippen molar-refractivity contribution in [3.8, 4) is 0 Å². The predicted molar refractivity (Wildman–Crippen MR) is 68.8 cm³/mol. The monoisotopic (exact) mass is 313 g/mol. The van der Waals surface area contributed by atoms with Gasteiger partial charge in [-0.25, -0.2) is 17.5 Å². The second kappa shape index (κ2) is 7.14. The van der Waals surface area contributed by atoms with Crippen LogP contribution >= 0.6 is 11.6 Å². The highest BCUT2D eigenvalue weighted by molar-refractivity contribution is 7.89. The molecule has 0 saturated carbocycles. The maximum atomic E-state index is 13.2. The second-order valence-corrected chi connectivity index (χ2v) is 6.23. The Morgan fingerprint density at radius 1 is 1.42 bits per heavy atom. The van der Waals surface area contributed by atoms with E-state index in [1.807, 2.05) is 0 Å². The normalized spacial score (nSPS) is 13.5. The number of hydrogen-bond acceptors (Lipinski definition) is 3. The molecule has 0 spiro atoms. The Morgan fingerprint density at radius 3 is 2.68 bits per heavy atom. The average molecular weight is 314 g/mol. The van der Waals surface area contributed by atoms with Crippen LogP contribution in [0.4, 0.5) is 8.78 Å². The summed E-state index contributed by atoms with van der Waals surface area (Å²) in [5.41, 5.74) is 0.204. The van der Waals surface area contributed by atoms with Gasteiger partial charge in [-0.15, -0.1) is 0 Å². The van der Waals surface area contributed by atoms with Crippen molar-refractivity contribution in [1.82, 2.24) is 4.72 Å². The minimum atomic E-state index is -3.63. The summed E-state index contributed by atoms with van der Waals surface area (Å²) in [6.07, 6.45) is -1.31. The van der Waals surface area contributed by atoms with E-state index in [9.17, 15) is 22.3 Å². The van der Waals surface area contributed by atoms with Gasteiger partial charge in [0.2, 0.25) is 10.0 Å². The highest BCUT2D eigenvalue weighted by Gasteiger charge is 2.15. The third kappa shape index (κ3) is 5.40. The van der Waals surface area contributed by atoms with Gasteiger partial charge in [-0.05, 0) is 24.1 Å². The molecule has 108 valence electrons. The molecule has 1 rings (SSSR count). The van der Waals surface area contributed by atoms with Gasteiger partial charge in [0.25, 0.3) is 0 Å². The van der Waals surface area contributed by atoms with Crippen LogP contribution in [0.1, 0.15) is 18.1 Å². The number of halogens is 3. The summed E-state index contributed by atoms with van der Waals surface area (Å²) in [4.78, 5) is 0. The second-order valence-electron chi connectivity index (χ2n) is 3.90. The zero-order chi connectivity index (χ0) is 14.5. The molecule has 4 nitrogen and oxygen atoms in total. The minimum absolute atomic E-state index is 0.0838. The van der Waals surface area contributed by atoms with E-state index in [4.69, 9.17) is 11.6 Å². The summed E-state index contributed by atoms with van der Waals surface area (Å²) >= 11 is 5.49. The predicted octanol–water partition coefficient (Wildman–Crippen LogP) is 1.79. The van der Waals surface area contributed by atoms with Crippen molar-refractivity contribution in [2.75, 3.05) is 19.0 Å². The van der Waals surface area contributed by atoms with E-state index in [-0.39, 0.29) is 29.3 Å². The minimum Gasteiger partial charge on any atom is -0.387 e. The number of sulfonamides is 1. The van der Waals surface area contributed by atoms with Gasteiger partial charge in [-0.2, -0.15) is 0 Å². The number of aliphatic hydroxyl groups is 1. The highest BCUT2D eigenvalue weighted by atomic mass is 35.5. The maximum Gasteiger partial charge on any atom is 0.211 e. The third-order valence-corrected chi connectivity index (χ3v) is 4.11. The van der Waals surface area contributed by atoms with Crippen molar-refractivity contribution in [3.05, 3.63) is 34.6 Å². The van der Waals surface area contributed by atoms with Gasteiger partial charge in [-0.1, -0.05) is 17.7 Å². The van der Waals surface area contributed by atoms with Gasteiger partial charge in [0, 0.05) is 6.54 Å². The van der Waals surface area contributed by atoms with Crippen LogP contribution in [0.25, 0.3) is 0 Å². The highest BCUT2D eigenvalue weighted by Crippen LogP contribution is 2.20. The largest absolute Gasteiger partial charge is 0.387 e. The van der Waals surface area contributed by atoms with Gasteiger partial charge < -0.3 is 5.11 Å². The molecule has 0 aliphatic rings. The molecule has 0 amide bonds. The molecular weight excluding hydrogens is 300 g/mol. The van der Waals surface area contributed by atoms with Gasteiger partial charge in [-0.3, -0.25) is 4.39 Å². The van der Waals surface area contributed by atoms with Crippen molar-refractivity contribution in [1.29, 1.82) is 0 Å². The first-order valence-electron chi connectivity index (χ1n) is 5.52. The van der Waals surface area contributed by atoms with Gasteiger partial charge in [0.1, 0.15) is 5.82 Å². The van der Waals surface area contributed by atoms with Crippen LogP contribution in [-0.4, -0.2) is 32.5 Å². The van der Waals surface area contributed by atoms with Crippen LogP contribution < -0.4 is 4.72 Å². The number of nitrogens with one attached hydrogen (secondary N) is 1. The molecule has 1 atom stereocenters. The van der Waals surface area contributed by atoms with E-state index in [0.29, 0.717) is 0 Å². The molecule has 1 unspecified atom stereocenters. The van der Waals surface area contributed by atoms with E-state index >= 15 is 0 Å². The van der Waals surface area contributed by atoms with Crippen LogP contribution in [0.3, 0.4) is 0 Å². The first-order valence-corrected chi connectivity index (χ1v) is 7.55. The lowest BCUT2D eigenvalue weighted by Gasteiger charge is -2.12. The molecule has 2 N–H and O–H groups in total. The number of benzene rings is 1. The first-order chi connectivity index (χ1) is 8.85. The summed E-state index contributed by atoms with van der Waals surface area (Å²) in [5.74, 6) is -1.05. The SMILES string of the molecule is O=S(=O)(CCCF)NCC(O)c1ccc(Cl)c(F)c1. The Labute approximate surface area is 115 Å². The molecule has 8 heteroatoms. The van der Waals surface area contributed by atoms with Crippen molar-refractivity contribution >= 4 is 21.6 Å². The Hall–Kier alpha value is -0.760. The Balaban J connectivity index is 2.60. The Bertz CT molecular complexity index is 525. The quantitative estimate of drug-likeness (QED) is 0.806. The lowest BCUT2D eigenvalue weighted by molar-refractivity contribution is 0.181. The summed E-state index contributed by atoms with van der Waals surface area (Å²) in [5, 5.41) is 9.63. The van der Waals surface area contributed by atoms with E-state index in [1.54, 1.807) is 0 Å². The first kappa shape index (κ1) is 16.3. The molecule has 0 aliphatic carbocycles. The van der Waals surface area contributed by atoms with Crippen molar-refractivity contribution in [3.63, 3.8) is 0 Å². The van der Waals surface area contributed by atoms with Crippen LogP contribution in [0.5, 0.6) is 0 Å². The summed E-state index contributed by atoms with van der Waals surface area (Å²) in [7, 11) is -3.63. The maximum absolute atomic E-state index is 13.2. The lowest BCUT2D eigenvalue weighted by atomic mass is 10.1. The van der Waals surface area contributed by atoms with Gasteiger partial charge >= 0.3 is 0 Å². The van der Waals surface area contributed by atoms with Crippen LogP contribution in [0, 0.1) is 5.82 Å².